The molecule has 0 bridgehead atoms. The van der Waals surface area contributed by atoms with Gasteiger partial charge in [0.05, 0.1) is 13.0 Å². The number of hydrogen-bond donors (Lipinski definition) is 0. The number of carbonyl (C=O) groups is 2. The molecule has 2 saturated carbocycles. The minimum atomic E-state index is -0.116. The highest BCUT2D eigenvalue weighted by Gasteiger charge is 2.54. The number of cyclic esters (lactones) is 1. The monoisotopic (exact) mass is 427 g/mol. The Bertz CT molecular complexity index is 896. The lowest BCUT2D eigenvalue weighted by Crippen LogP contribution is -2.52. The predicted octanol–water partition coefficient (Wildman–Crippen LogP) is 4.95. The highest BCUT2D eigenvalue weighted by molar-refractivity contribution is 5.81. The van der Waals surface area contributed by atoms with E-state index >= 15 is 0 Å². The second kappa shape index (κ2) is 7.05. The summed E-state index contributed by atoms with van der Waals surface area (Å²) in [4.78, 5) is 26.4. The number of piperidine rings is 1. The first kappa shape index (κ1) is 21.0. The van der Waals surface area contributed by atoms with Crippen LogP contribution in [0.3, 0.4) is 0 Å². The maximum absolute atomic E-state index is 14.6. The molecule has 4 aliphatic rings. The predicted molar refractivity (Wildman–Crippen MR) is 116 cm³/mol. The molecule has 1 aromatic rings. The highest BCUT2D eigenvalue weighted by atomic mass is 19.1. The van der Waals surface area contributed by atoms with Crippen LogP contribution in [0.5, 0.6) is 0 Å². The molecule has 168 valence electrons. The van der Waals surface area contributed by atoms with Crippen molar-refractivity contribution in [3.8, 4) is 0 Å². The fourth-order valence-electron chi connectivity index (χ4n) is 6.46. The molecule has 0 radical (unpaired) electrons. The molecule has 5 rings (SSSR count). The molecule has 0 unspecified atom stereocenters. The van der Waals surface area contributed by atoms with Gasteiger partial charge >= 0.3 is 5.97 Å². The summed E-state index contributed by atoms with van der Waals surface area (Å²) in [7, 11) is 0. The Hall–Kier alpha value is -1.91. The molecule has 5 heteroatoms. The van der Waals surface area contributed by atoms with Crippen molar-refractivity contribution in [3.63, 3.8) is 0 Å². The van der Waals surface area contributed by atoms with Crippen LogP contribution in [0.2, 0.25) is 0 Å². The molecule has 2 heterocycles. The van der Waals surface area contributed by atoms with Crippen LogP contribution in [0.15, 0.2) is 18.2 Å². The Morgan fingerprint density at radius 1 is 1.10 bits per heavy atom. The number of carbonyl (C=O) groups excluding carboxylic acids is 2. The molecule has 2 aliphatic heterocycles. The second-order valence-corrected chi connectivity index (χ2v) is 11.9. The zero-order valence-electron chi connectivity index (χ0n) is 19.0. The maximum Gasteiger partial charge on any atom is 0.306 e. The van der Waals surface area contributed by atoms with Crippen molar-refractivity contribution >= 4 is 11.9 Å². The normalized spacial score (nSPS) is 27.2. The minimum Gasteiger partial charge on any atom is -0.465 e. The van der Waals surface area contributed by atoms with Crippen LogP contribution < -0.4 is 0 Å². The number of rotatable bonds is 2. The molecule has 31 heavy (non-hydrogen) atoms. The number of halogens is 1. The van der Waals surface area contributed by atoms with E-state index in [4.69, 9.17) is 4.74 Å². The zero-order valence-corrected chi connectivity index (χ0v) is 19.0. The minimum absolute atomic E-state index is 0.0214. The summed E-state index contributed by atoms with van der Waals surface area (Å²) < 4.78 is 19.7. The third-order valence-electron chi connectivity index (χ3n) is 8.56. The van der Waals surface area contributed by atoms with Crippen LogP contribution in [0.1, 0.15) is 82.8 Å². The van der Waals surface area contributed by atoms with Crippen LogP contribution in [-0.2, 0) is 19.7 Å². The van der Waals surface area contributed by atoms with E-state index in [0.29, 0.717) is 18.9 Å². The van der Waals surface area contributed by atoms with Crippen LogP contribution in [0.25, 0.3) is 0 Å². The molecule has 1 amide bonds. The van der Waals surface area contributed by atoms with Crippen LogP contribution in [0, 0.1) is 22.6 Å². The maximum atomic E-state index is 14.6. The van der Waals surface area contributed by atoms with Gasteiger partial charge in [0.2, 0.25) is 5.91 Å². The number of benzene rings is 1. The quantitative estimate of drug-likeness (QED) is 0.627. The van der Waals surface area contributed by atoms with Gasteiger partial charge < -0.3 is 9.64 Å². The van der Waals surface area contributed by atoms with E-state index < -0.39 is 0 Å². The molecular formula is C26H34FNO3. The first-order valence-corrected chi connectivity index (χ1v) is 11.8. The van der Waals surface area contributed by atoms with E-state index in [1.165, 1.54) is 5.56 Å². The fourth-order valence-corrected chi connectivity index (χ4v) is 6.46. The fraction of sp³-hybridized carbons (Fsp3) is 0.692. The Kier molecular flexibility index (Phi) is 4.76. The Morgan fingerprint density at radius 2 is 1.77 bits per heavy atom. The largest absolute Gasteiger partial charge is 0.465 e. The average molecular weight is 428 g/mol. The van der Waals surface area contributed by atoms with E-state index in [0.717, 1.165) is 57.2 Å². The number of hydrogen-bond acceptors (Lipinski definition) is 3. The van der Waals surface area contributed by atoms with Gasteiger partial charge in [-0.05, 0) is 72.5 Å². The van der Waals surface area contributed by atoms with E-state index in [1.807, 2.05) is 11.0 Å². The van der Waals surface area contributed by atoms with Gasteiger partial charge in [-0.1, -0.05) is 32.9 Å². The Labute approximate surface area is 184 Å². The summed E-state index contributed by atoms with van der Waals surface area (Å²) in [6.07, 6.45) is 6.19. The van der Waals surface area contributed by atoms with E-state index in [9.17, 15) is 14.0 Å². The van der Waals surface area contributed by atoms with Crippen LogP contribution in [0.4, 0.5) is 4.39 Å². The number of esters is 1. The van der Waals surface area contributed by atoms with Crippen molar-refractivity contribution in [2.45, 2.75) is 77.0 Å². The number of amides is 1. The Morgan fingerprint density at radius 3 is 2.35 bits per heavy atom. The van der Waals surface area contributed by atoms with Crippen LogP contribution in [-0.4, -0.2) is 36.5 Å². The third-order valence-corrected chi connectivity index (χ3v) is 8.56. The van der Waals surface area contributed by atoms with Crippen molar-refractivity contribution in [2.75, 3.05) is 19.7 Å². The van der Waals surface area contributed by atoms with Crippen molar-refractivity contribution in [1.29, 1.82) is 0 Å². The molecule has 1 aromatic carbocycles. The van der Waals surface area contributed by atoms with Crippen molar-refractivity contribution in [2.24, 2.45) is 16.7 Å². The second-order valence-electron chi connectivity index (χ2n) is 11.9. The van der Waals surface area contributed by atoms with Crippen molar-refractivity contribution in [1.82, 2.24) is 4.90 Å². The summed E-state index contributed by atoms with van der Waals surface area (Å²) in [6, 6.07) is 5.63. The van der Waals surface area contributed by atoms with Gasteiger partial charge in [0, 0.05) is 24.4 Å². The molecule has 4 fully saturated rings. The first-order chi connectivity index (χ1) is 14.6. The van der Waals surface area contributed by atoms with Gasteiger partial charge in [-0.2, -0.15) is 0 Å². The standard InChI is InChI=1S/C26H34FNO3/c1-24(2,3)19-4-5-21(27)20(10-19)17-11-25(12-17)6-8-28(9-7-25)23(30)18-13-26(14-18)15-22(29)31-16-26/h4-5,10,17-18H,6-9,11-16H2,1-3H3. The first-order valence-electron chi connectivity index (χ1n) is 11.8. The molecule has 2 saturated heterocycles. The molecular weight excluding hydrogens is 393 g/mol. The smallest absolute Gasteiger partial charge is 0.306 e. The van der Waals surface area contributed by atoms with E-state index in [1.54, 1.807) is 6.07 Å². The lowest BCUT2D eigenvalue weighted by molar-refractivity contribution is -0.147. The van der Waals surface area contributed by atoms with Gasteiger partial charge in [0.1, 0.15) is 5.82 Å². The van der Waals surface area contributed by atoms with Crippen molar-refractivity contribution in [3.05, 3.63) is 35.1 Å². The molecule has 2 spiro atoms. The SMILES string of the molecule is CC(C)(C)c1ccc(F)c(C2CC3(CCN(C(=O)C4CC5(COC(=O)C5)C4)CC3)C2)c1. The number of ether oxygens (including phenoxy) is 1. The summed E-state index contributed by atoms with van der Waals surface area (Å²) in [6.45, 7) is 8.62. The van der Waals surface area contributed by atoms with E-state index in [-0.39, 0.29) is 39.9 Å². The molecule has 4 nitrogen and oxygen atoms in total. The molecule has 2 aliphatic carbocycles. The average Bonchev–Trinajstić information content (AvgIpc) is 3.06. The Balaban J connectivity index is 1.15. The molecule has 0 N–H and O–H groups in total. The molecule has 0 aromatic heterocycles. The molecule has 0 atom stereocenters. The van der Waals surface area contributed by atoms with Crippen molar-refractivity contribution < 1.29 is 18.7 Å². The number of likely N-dealkylation sites (tertiary alicyclic amines) is 1. The van der Waals surface area contributed by atoms with Gasteiger partial charge in [-0.15, -0.1) is 0 Å². The summed E-state index contributed by atoms with van der Waals surface area (Å²) in [5.41, 5.74) is 2.31. The zero-order chi connectivity index (χ0) is 22.0. The lowest BCUT2D eigenvalue weighted by atomic mass is 9.55. The van der Waals surface area contributed by atoms with Gasteiger partial charge in [0.15, 0.2) is 0 Å². The third kappa shape index (κ3) is 3.68. The lowest BCUT2D eigenvalue weighted by Gasteiger charge is -2.53. The topological polar surface area (TPSA) is 46.6 Å². The summed E-state index contributed by atoms with van der Waals surface area (Å²) in [5.74, 6) is 0.436. The van der Waals surface area contributed by atoms with Gasteiger partial charge in [0.25, 0.3) is 0 Å². The van der Waals surface area contributed by atoms with Crippen LogP contribution >= 0.6 is 0 Å². The van der Waals surface area contributed by atoms with Gasteiger partial charge in [-0.3, -0.25) is 9.59 Å². The van der Waals surface area contributed by atoms with E-state index in [2.05, 4.69) is 26.8 Å². The summed E-state index contributed by atoms with van der Waals surface area (Å²) >= 11 is 0. The number of nitrogens with zero attached hydrogens (tertiary/aromatic N) is 1. The van der Waals surface area contributed by atoms with Gasteiger partial charge in [-0.25, -0.2) is 4.39 Å². The highest BCUT2D eigenvalue weighted by Crippen LogP contribution is 2.58. The summed E-state index contributed by atoms with van der Waals surface area (Å²) in [5, 5.41) is 0.